The van der Waals surface area contributed by atoms with Crippen molar-refractivity contribution < 1.29 is 0 Å². The Morgan fingerprint density at radius 2 is 1.96 bits per heavy atom. The molecule has 0 radical (unpaired) electrons. The van der Waals surface area contributed by atoms with E-state index in [2.05, 4.69) is 51.0 Å². The first-order valence-electron chi connectivity index (χ1n) is 10.2. The molecule has 5 nitrogen and oxygen atoms in total. The normalized spacial score (nSPS) is 15.5. The third-order valence-corrected chi connectivity index (χ3v) is 6.61. The summed E-state index contributed by atoms with van der Waals surface area (Å²) in [7, 11) is 0. The average molecular weight is 392 g/mol. The lowest BCUT2D eigenvalue weighted by Gasteiger charge is -2.22. The van der Waals surface area contributed by atoms with E-state index in [1.54, 1.807) is 11.3 Å². The number of aryl methyl sites for hydroxylation is 1. The monoisotopic (exact) mass is 391 g/mol. The van der Waals surface area contributed by atoms with Crippen LogP contribution in [0.2, 0.25) is 0 Å². The van der Waals surface area contributed by atoms with Crippen molar-refractivity contribution in [2.24, 2.45) is 0 Å². The molecule has 144 valence electrons. The van der Waals surface area contributed by atoms with E-state index in [-0.39, 0.29) is 0 Å². The molecule has 6 heteroatoms. The van der Waals surface area contributed by atoms with Gasteiger partial charge in [-0.3, -0.25) is 0 Å². The summed E-state index contributed by atoms with van der Waals surface area (Å²) in [6.45, 7) is 2.91. The van der Waals surface area contributed by atoms with Crippen molar-refractivity contribution >= 4 is 37.8 Å². The second kappa shape index (κ2) is 7.51. The van der Waals surface area contributed by atoms with E-state index >= 15 is 0 Å². The largest absolute Gasteiger partial charge is 0.359 e. The van der Waals surface area contributed by atoms with Crippen LogP contribution < -0.4 is 5.32 Å². The maximum atomic E-state index is 4.79. The van der Waals surface area contributed by atoms with Crippen LogP contribution in [-0.4, -0.2) is 25.6 Å². The molecule has 1 aliphatic rings. The molecule has 1 aliphatic carbocycles. The number of nitrogens with zero attached hydrogens (tertiary/aromatic N) is 4. The Hall–Kier alpha value is -2.47. The lowest BCUT2D eigenvalue weighted by atomic mass is 9.96. The highest BCUT2D eigenvalue weighted by molar-refractivity contribution is 7.22. The maximum Gasteiger partial charge on any atom is 0.184 e. The first kappa shape index (κ1) is 17.6. The van der Waals surface area contributed by atoms with Gasteiger partial charge in [0, 0.05) is 12.2 Å². The molecule has 3 heterocycles. The Morgan fingerprint density at radius 3 is 2.82 bits per heavy atom. The van der Waals surface area contributed by atoms with Crippen LogP contribution in [0.25, 0.3) is 21.4 Å². The quantitative estimate of drug-likeness (QED) is 0.495. The van der Waals surface area contributed by atoms with Gasteiger partial charge in [-0.05, 0) is 48.6 Å². The Labute approximate surface area is 168 Å². The van der Waals surface area contributed by atoms with E-state index in [9.17, 15) is 0 Å². The number of pyridine rings is 1. The minimum atomic E-state index is 0.588. The first-order chi connectivity index (χ1) is 13.8. The summed E-state index contributed by atoms with van der Waals surface area (Å²) >= 11 is 1.76. The topological polar surface area (TPSA) is 55.6 Å². The highest BCUT2D eigenvalue weighted by Crippen LogP contribution is 2.30. The van der Waals surface area contributed by atoms with Crippen LogP contribution in [0, 0.1) is 0 Å². The molecule has 1 N–H and O–H groups in total. The zero-order chi connectivity index (χ0) is 18.9. The molecule has 0 unspecified atom stereocenters. The van der Waals surface area contributed by atoms with Crippen LogP contribution in [0.5, 0.6) is 0 Å². The fourth-order valence-electron chi connectivity index (χ4n) is 4.05. The molecular weight excluding hydrogens is 366 g/mol. The van der Waals surface area contributed by atoms with Crippen molar-refractivity contribution in [3.63, 3.8) is 0 Å². The van der Waals surface area contributed by atoms with Crippen molar-refractivity contribution in [1.82, 2.24) is 19.5 Å². The molecule has 0 spiro atoms. The average Bonchev–Trinajstić information content (AvgIpc) is 3.31. The van der Waals surface area contributed by atoms with E-state index in [1.165, 1.54) is 47.9 Å². The summed E-state index contributed by atoms with van der Waals surface area (Å²) in [5, 5.41) is 4.71. The van der Waals surface area contributed by atoms with Crippen LogP contribution >= 0.6 is 11.3 Å². The Bertz CT molecular complexity index is 1110. The van der Waals surface area contributed by atoms with Crippen molar-refractivity contribution in [2.45, 2.75) is 58.0 Å². The number of aromatic nitrogens is 4. The molecular formula is C22H25N5S. The SMILES string of the molecule is CCc1cnc2c(c1)ncn2Cc1ccc2nc(NC3CCCCC3)sc2c1. The number of thiazole rings is 1. The number of anilines is 1. The molecule has 0 atom stereocenters. The second-order valence-corrected chi connectivity index (χ2v) is 8.74. The first-order valence-corrected chi connectivity index (χ1v) is 11.1. The molecule has 4 aromatic rings. The predicted octanol–water partition coefficient (Wildman–Crippen LogP) is 5.40. The van der Waals surface area contributed by atoms with Crippen molar-refractivity contribution in [2.75, 3.05) is 5.32 Å². The van der Waals surface area contributed by atoms with Gasteiger partial charge in [-0.15, -0.1) is 0 Å². The van der Waals surface area contributed by atoms with Gasteiger partial charge in [-0.1, -0.05) is 43.6 Å². The van der Waals surface area contributed by atoms with Gasteiger partial charge in [0.15, 0.2) is 10.8 Å². The van der Waals surface area contributed by atoms with Crippen LogP contribution in [-0.2, 0) is 13.0 Å². The lowest BCUT2D eigenvalue weighted by Crippen LogP contribution is -2.21. The number of hydrogen-bond donors (Lipinski definition) is 1. The van der Waals surface area contributed by atoms with Gasteiger partial charge >= 0.3 is 0 Å². The van der Waals surface area contributed by atoms with Gasteiger partial charge in [0.2, 0.25) is 0 Å². The molecule has 3 aromatic heterocycles. The minimum absolute atomic E-state index is 0.588. The summed E-state index contributed by atoms with van der Waals surface area (Å²) < 4.78 is 3.36. The van der Waals surface area contributed by atoms with E-state index in [0.29, 0.717) is 6.04 Å². The molecule has 1 aromatic carbocycles. The summed E-state index contributed by atoms with van der Waals surface area (Å²) in [4.78, 5) is 13.9. The van der Waals surface area contributed by atoms with Crippen molar-refractivity contribution in [3.05, 3.63) is 47.9 Å². The van der Waals surface area contributed by atoms with Gasteiger partial charge in [-0.2, -0.15) is 0 Å². The van der Waals surface area contributed by atoms with E-state index in [0.717, 1.165) is 34.8 Å². The van der Waals surface area contributed by atoms with E-state index < -0.39 is 0 Å². The zero-order valence-electron chi connectivity index (χ0n) is 16.2. The van der Waals surface area contributed by atoms with Crippen LogP contribution in [0.3, 0.4) is 0 Å². The Morgan fingerprint density at radius 1 is 1.07 bits per heavy atom. The second-order valence-electron chi connectivity index (χ2n) is 7.71. The standard InChI is InChI=1S/C22H25N5S/c1-2-15-10-19-21(23-12-15)27(14-24-19)13-16-8-9-18-20(11-16)28-22(26-18)25-17-6-4-3-5-7-17/h8-12,14,17H,2-7,13H2,1H3,(H,25,26). The fraction of sp³-hybridized carbons (Fsp3) is 0.409. The van der Waals surface area contributed by atoms with Crippen LogP contribution in [0.1, 0.15) is 50.2 Å². The maximum absolute atomic E-state index is 4.79. The van der Waals surface area contributed by atoms with Crippen molar-refractivity contribution in [3.8, 4) is 0 Å². The third kappa shape index (κ3) is 3.49. The molecule has 1 fully saturated rings. The number of nitrogens with one attached hydrogen (secondary N) is 1. The number of hydrogen-bond acceptors (Lipinski definition) is 5. The number of benzene rings is 1. The van der Waals surface area contributed by atoms with Gasteiger partial charge in [-0.25, -0.2) is 15.0 Å². The summed E-state index contributed by atoms with van der Waals surface area (Å²) in [5.41, 5.74) is 5.47. The highest BCUT2D eigenvalue weighted by Gasteiger charge is 2.15. The van der Waals surface area contributed by atoms with Gasteiger partial charge < -0.3 is 9.88 Å². The molecule has 0 aliphatic heterocycles. The number of imidazole rings is 1. The van der Waals surface area contributed by atoms with Crippen molar-refractivity contribution in [1.29, 1.82) is 0 Å². The molecule has 0 bridgehead atoms. The van der Waals surface area contributed by atoms with E-state index in [4.69, 9.17) is 4.98 Å². The summed E-state index contributed by atoms with van der Waals surface area (Å²) in [6, 6.07) is 9.28. The zero-order valence-corrected chi connectivity index (χ0v) is 17.0. The molecule has 0 saturated heterocycles. The number of fused-ring (bicyclic) bond motifs is 2. The lowest BCUT2D eigenvalue weighted by molar-refractivity contribution is 0.462. The van der Waals surface area contributed by atoms with E-state index in [1.807, 2.05) is 12.5 Å². The summed E-state index contributed by atoms with van der Waals surface area (Å²) in [6.07, 6.45) is 11.4. The third-order valence-electron chi connectivity index (χ3n) is 5.66. The minimum Gasteiger partial charge on any atom is -0.359 e. The molecule has 5 rings (SSSR count). The summed E-state index contributed by atoms with van der Waals surface area (Å²) in [5.74, 6) is 0. The molecule has 0 amide bonds. The highest BCUT2D eigenvalue weighted by atomic mass is 32.1. The Kier molecular flexibility index (Phi) is 4.72. The predicted molar refractivity (Wildman–Crippen MR) is 116 cm³/mol. The van der Waals surface area contributed by atoms with Gasteiger partial charge in [0.25, 0.3) is 0 Å². The van der Waals surface area contributed by atoms with Crippen LogP contribution in [0.15, 0.2) is 36.8 Å². The molecule has 28 heavy (non-hydrogen) atoms. The van der Waals surface area contributed by atoms with Gasteiger partial charge in [0.05, 0.1) is 23.1 Å². The van der Waals surface area contributed by atoms with Crippen LogP contribution in [0.4, 0.5) is 5.13 Å². The number of rotatable bonds is 5. The van der Waals surface area contributed by atoms with Gasteiger partial charge in [0.1, 0.15) is 5.52 Å². The molecule has 1 saturated carbocycles. The fourth-order valence-corrected chi connectivity index (χ4v) is 5.05. The smallest absolute Gasteiger partial charge is 0.184 e. The Balaban J connectivity index is 1.37.